The van der Waals surface area contributed by atoms with Gasteiger partial charge in [0.25, 0.3) is 0 Å². The molecule has 0 aromatic carbocycles. The molecule has 1 aromatic heterocycles. The van der Waals surface area contributed by atoms with Crippen LogP contribution in [-0.4, -0.2) is 29.6 Å². The van der Waals surface area contributed by atoms with Crippen molar-refractivity contribution in [1.82, 2.24) is 10.2 Å². The summed E-state index contributed by atoms with van der Waals surface area (Å²) in [7, 11) is 0. The molecule has 0 saturated carbocycles. The van der Waals surface area contributed by atoms with E-state index in [-0.39, 0.29) is 0 Å². The van der Waals surface area contributed by atoms with Crippen LogP contribution < -0.4 is 5.32 Å². The number of nitrogens with one attached hydrogen (secondary N) is 1. The molecular weight excluding hydrogens is 308 g/mol. The van der Waals surface area contributed by atoms with Crippen LogP contribution in [-0.2, 0) is 6.54 Å². The van der Waals surface area contributed by atoms with Crippen LogP contribution in [0.2, 0.25) is 0 Å². The Labute approximate surface area is 123 Å². The first-order valence-corrected chi connectivity index (χ1v) is 8.34. The van der Waals surface area contributed by atoms with Crippen molar-refractivity contribution in [3.63, 3.8) is 0 Å². The van der Waals surface area contributed by atoms with Gasteiger partial charge in [-0.05, 0) is 61.0 Å². The van der Waals surface area contributed by atoms with E-state index in [0.29, 0.717) is 11.6 Å². The van der Waals surface area contributed by atoms with E-state index in [0.717, 1.165) is 6.54 Å². The smallest absolute Gasteiger partial charge is 0.0327 e. The van der Waals surface area contributed by atoms with Crippen LogP contribution in [0, 0.1) is 0 Å². The monoisotopic (exact) mass is 330 g/mol. The van der Waals surface area contributed by atoms with Crippen LogP contribution in [0.1, 0.15) is 38.5 Å². The van der Waals surface area contributed by atoms with Gasteiger partial charge in [-0.15, -0.1) is 11.3 Å². The molecule has 102 valence electrons. The molecule has 0 bridgehead atoms. The van der Waals surface area contributed by atoms with Gasteiger partial charge in [0, 0.05) is 40.6 Å². The summed E-state index contributed by atoms with van der Waals surface area (Å²) in [5.41, 5.74) is 0.321. The SMILES string of the molecule is CC(C)(C)N1CCC(NCc2sccc2Br)CC1. The number of thiophene rings is 1. The first-order valence-electron chi connectivity index (χ1n) is 6.67. The fourth-order valence-electron chi connectivity index (χ4n) is 2.44. The minimum absolute atomic E-state index is 0.321. The highest BCUT2D eigenvalue weighted by Crippen LogP contribution is 2.24. The maximum atomic E-state index is 3.69. The Kier molecular flexibility index (Phi) is 4.86. The quantitative estimate of drug-likeness (QED) is 0.905. The number of nitrogens with zero attached hydrogens (tertiary/aromatic N) is 1. The van der Waals surface area contributed by atoms with Crippen LogP contribution in [0.5, 0.6) is 0 Å². The predicted octanol–water partition coefficient (Wildman–Crippen LogP) is 3.86. The summed E-state index contributed by atoms with van der Waals surface area (Å²) in [6.07, 6.45) is 2.53. The Hall–Kier alpha value is 0.100. The summed E-state index contributed by atoms with van der Waals surface area (Å²) < 4.78 is 1.24. The Morgan fingerprint density at radius 3 is 2.56 bits per heavy atom. The third-order valence-electron chi connectivity index (χ3n) is 3.69. The van der Waals surface area contributed by atoms with Gasteiger partial charge in [0.05, 0.1) is 0 Å². The summed E-state index contributed by atoms with van der Waals surface area (Å²) in [5.74, 6) is 0. The molecule has 4 heteroatoms. The molecule has 1 saturated heterocycles. The zero-order valence-electron chi connectivity index (χ0n) is 11.5. The van der Waals surface area contributed by atoms with Crippen molar-refractivity contribution in [2.45, 2.75) is 51.7 Å². The molecule has 0 radical (unpaired) electrons. The van der Waals surface area contributed by atoms with Gasteiger partial charge in [0.1, 0.15) is 0 Å². The van der Waals surface area contributed by atoms with Gasteiger partial charge in [0.2, 0.25) is 0 Å². The average molecular weight is 331 g/mol. The first-order chi connectivity index (χ1) is 8.47. The Morgan fingerprint density at radius 2 is 2.06 bits per heavy atom. The Morgan fingerprint density at radius 1 is 1.39 bits per heavy atom. The van der Waals surface area contributed by atoms with Crippen molar-refractivity contribution in [3.05, 3.63) is 20.8 Å². The lowest BCUT2D eigenvalue weighted by Crippen LogP contribution is -2.49. The average Bonchev–Trinajstić information content (AvgIpc) is 2.72. The minimum atomic E-state index is 0.321. The van der Waals surface area contributed by atoms with Gasteiger partial charge in [-0.2, -0.15) is 0 Å². The summed E-state index contributed by atoms with van der Waals surface area (Å²) in [6, 6.07) is 2.81. The van der Waals surface area contributed by atoms with Crippen LogP contribution in [0.3, 0.4) is 0 Å². The van der Waals surface area contributed by atoms with Crippen molar-refractivity contribution in [2.75, 3.05) is 13.1 Å². The fraction of sp³-hybridized carbons (Fsp3) is 0.714. The second-order valence-electron chi connectivity index (χ2n) is 6.00. The van der Waals surface area contributed by atoms with E-state index in [9.17, 15) is 0 Å². The van der Waals surface area contributed by atoms with E-state index < -0.39 is 0 Å². The molecule has 1 aromatic rings. The predicted molar refractivity (Wildman–Crippen MR) is 83.2 cm³/mol. The van der Waals surface area contributed by atoms with Crippen molar-refractivity contribution in [1.29, 1.82) is 0 Å². The fourth-order valence-corrected chi connectivity index (χ4v) is 3.89. The molecule has 0 unspecified atom stereocenters. The number of hydrogen-bond acceptors (Lipinski definition) is 3. The van der Waals surface area contributed by atoms with Crippen LogP contribution in [0.15, 0.2) is 15.9 Å². The number of piperidine rings is 1. The third kappa shape index (κ3) is 3.80. The molecule has 2 nitrogen and oxygen atoms in total. The second kappa shape index (κ2) is 6.04. The topological polar surface area (TPSA) is 15.3 Å². The highest BCUT2D eigenvalue weighted by Gasteiger charge is 2.26. The van der Waals surface area contributed by atoms with E-state index in [2.05, 4.69) is 58.4 Å². The maximum absolute atomic E-state index is 3.69. The maximum Gasteiger partial charge on any atom is 0.0327 e. The van der Waals surface area contributed by atoms with Crippen molar-refractivity contribution >= 4 is 27.3 Å². The largest absolute Gasteiger partial charge is 0.309 e. The minimum Gasteiger partial charge on any atom is -0.309 e. The first kappa shape index (κ1) is 14.5. The molecule has 18 heavy (non-hydrogen) atoms. The lowest BCUT2D eigenvalue weighted by atomic mass is 9.98. The molecule has 0 aliphatic carbocycles. The second-order valence-corrected chi connectivity index (χ2v) is 7.86. The van der Waals surface area contributed by atoms with Crippen molar-refractivity contribution < 1.29 is 0 Å². The zero-order chi connectivity index (χ0) is 13.2. The van der Waals surface area contributed by atoms with E-state index >= 15 is 0 Å². The number of likely N-dealkylation sites (tertiary alicyclic amines) is 1. The third-order valence-corrected chi connectivity index (χ3v) is 5.61. The van der Waals surface area contributed by atoms with Crippen molar-refractivity contribution in [3.8, 4) is 0 Å². The van der Waals surface area contributed by atoms with Crippen LogP contribution in [0.25, 0.3) is 0 Å². The lowest BCUT2D eigenvalue weighted by Gasteiger charge is -2.41. The molecule has 1 aliphatic heterocycles. The lowest BCUT2D eigenvalue weighted by molar-refractivity contribution is 0.0961. The van der Waals surface area contributed by atoms with E-state index in [1.807, 2.05) is 11.3 Å². The van der Waals surface area contributed by atoms with Crippen LogP contribution >= 0.6 is 27.3 Å². The van der Waals surface area contributed by atoms with Crippen molar-refractivity contribution in [2.24, 2.45) is 0 Å². The summed E-state index contributed by atoms with van der Waals surface area (Å²) >= 11 is 5.41. The summed E-state index contributed by atoms with van der Waals surface area (Å²) in [6.45, 7) is 10.4. The van der Waals surface area contributed by atoms with Crippen LogP contribution in [0.4, 0.5) is 0 Å². The number of hydrogen-bond donors (Lipinski definition) is 1. The highest BCUT2D eigenvalue weighted by atomic mass is 79.9. The van der Waals surface area contributed by atoms with Gasteiger partial charge in [-0.25, -0.2) is 0 Å². The van der Waals surface area contributed by atoms with Gasteiger partial charge in [-0.3, -0.25) is 4.90 Å². The summed E-state index contributed by atoms with van der Waals surface area (Å²) in [5, 5.41) is 5.83. The normalized spacial score (nSPS) is 19.3. The molecule has 0 amide bonds. The van der Waals surface area contributed by atoms with E-state index in [1.165, 1.54) is 35.3 Å². The molecule has 1 N–H and O–H groups in total. The molecule has 0 atom stereocenters. The summed E-state index contributed by atoms with van der Waals surface area (Å²) in [4.78, 5) is 4.00. The van der Waals surface area contributed by atoms with E-state index in [1.54, 1.807) is 0 Å². The zero-order valence-corrected chi connectivity index (χ0v) is 13.9. The number of rotatable bonds is 3. The van der Waals surface area contributed by atoms with Gasteiger partial charge in [0.15, 0.2) is 0 Å². The molecule has 2 rings (SSSR count). The molecule has 0 spiro atoms. The molecule has 2 heterocycles. The van der Waals surface area contributed by atoms with Gasteiger partial charge < -0.3 is 5.32 Å². The molecule has 1 aliphatic rings. The Bertz CT molecular complexity index is 375. The number of halogens is 1. The van der Waals surface area contributed by atoms with Gasteiger partial charge >= 0.3 is 0 Å². The standard InChI is InChI=1S/C14H23BrN2S/c1-14(2,3)17-7-4-11(5-8-17)16-10-13-12(15)6-9-18-13/h6,9,11,16H,4-5,7-8,10H2,1-3H3. The highest BCUT2D eigenvalue weighted by molar-refractivity contribution is 9.10. The molecular formula is C14H23BrN2S. The van der Waals surface area contributed by atoms with Gasteiger partial charge in [-0.1, -0.05) is 0 Å². The Balaban J connectivity index is 1.76. The molecule has 1 fully saturated rings. The van der Waals surface area contributed by atoms with E-state index in [4.69, 9.17) is 0 Å².